The molecule has 1 aromatic rings. The summed E-state index contributed by atoms with van der Waals surface area (Å²) in [6.45, 7) is 4.95. The number of hydrogen-bond acceptors (Lipinski definition) is 4. The Labute approximate surface area is 156 Å². The Morgan fingerprint density at radius 2 is 1.64 bits per heavy atom. The Hall–Kier alpha value is -1.63. The summed E-state index contributed by atoms with van der Waals surface area (Å²) < 4.78 is 0. The van der Waals surface area contributed by atoms with Gasteiger partial charge < -0.3 is 16.0 Å². The van der Waals surface area contributed by atoms with E-state index in [9.17, 15) is 9.59 Å². The van der Waals surface area contributed by atoms with Crippen molar-refractivity contribution in [3.05, 3.63) is 24.3 Å². The Bertz CT molecular complexity index is 543. The van der Waals surface area contributed by atoms with Gasteiger partial charge in [0, 0.05) is 18.3 Å². The van der Waals surface area contributed by atoms with Crippen LogP contribution < -0.4 is 16.0 Å². The second-order valence-electron chi connectivity index (χ2n) is 6.42. The molecule has 0 radical (unpaired) electrons. The first-order valence-corrected chi connectivity index (χ1v) is 8.61. The van der Waals surface area contributed by atoms with Crippen LogP contribution in [0.1, 0.15) is 26.2 Å². The van der Waals surface area contributed by atoms with Crippen LogP contribution in [0.4, 0.5) is 11.4 Å². The number of amides is 2. The summed E-state index contributed by atoms with van der Waals surface area (Å²) in [5, 5.41) is 8.82. The van der Waals surface area contributed by atoms with Gasteiger partial charge in [0.05, 0.1) is 6.54 Å². The van der Waals surface area contributed by atoms with Crippen LogP contribution >= 0.6 is 12.4 Å². The zero-order valence-corrected chi connectivity index (χ0v) is 15.8. The molecule has 0 unspecified atom stereocenters. The summed E-state index contributed by atoms with van der Waals surface area (Å²) in [6, 6.07) is 7.16. The van der Waals surface area contributed by atoms with Gasteiger partial charge in [-0.3, -0.25) is 14.5 Å². The Morgan fingerprint density at radius 3 is 2.16 bits per heavy atom. The second kappa shape index (κ2) is 11.1. The number of piperidine rings is 1. The fourth-order valence-electron chi connectivity index (χ4n) is 3.03. The number of nitrogens with one attached hydrogen (secondary N) is 3. The summed E-state index contributed by atoms with van der Waals surface area (Å²) >= 11 is 0. The first-order chi connectivity index (χ1) is 11.6. The molecule has 0 bridgehead atoms. The monoisotopic (exact) mass is 368 g/mol. The molecule has 6 nitrogen and oxygen atoms in total. The lowest BCUT2D eigenvalue weighted by atomic mass is 9.93. The quantitative estimate of drug-likeness (QED) is 0.690. The van der Waals surface area contributed by atoms with Crippen LogP contribution in [0.3, 0.4) is 0 Å². The van der Waals surface area contributed by atoms with E-state index in [1.54, 1.807) is 24.3 Å². The minimum Gasteiger partial charge on any atom is -0.326 e. The third-order valence-electron chi connectivity index (χ3n) is 4.37. The first-order valence-electron chi connectivity index (χ1n) is 8.61. The maximum absolute atomic E-state index is 12.2. The largest absolute Gasteiger partial charge is 0.326 e. The van der Waals surface area contributed by atoms with Crippen LogP contribution in [0.5, 0.6) is 0 Å². The van der Waals surface area contributed by atoms with Gasteiger partial charge in [0.2, 0.25) is 11.8 Å². The molecule has 0 aromatic heterocycles. The SMILES string of the molecule is CNCCC1CCN(CC(=O)Nc2ccc(NC(C)=O)cc2)CC1.Cl. The molecular weight excluding hydrogens is 340 g/mol. The van der Waals surface area contributed by atoms with E-state index in [0.29, 0.717) is 6.54 Å². The third kappa shape index (κ3) is 7.86. The van der Waals surface area contributed by atoms with E-state index in [0.717, 1.165) is 36.9 Å². The number of carbonyl (C=O) groups is 2. The normalized spacial score (nSPS) is 15.3. The summed E-state index contributed by atoms with van der Waals surface area (Å²) in [6.07, 6.45) is 3.55. The summed E-state index contributed by atoms with van der Waals surface area (Å²) in [5.74, 6) is 0.680. The second-order valence-corrected chi connectivity index (χ2v) is 6.42. The van der Waals surface area contributed by atoms with Crippen molar-refractivity contribution < 1.29 is 9.59 Å². The van der Waals surface area contributed by atoms with E-state index >= 15 is 0 Å². The highest BCUT2D eigenvalue weighted by Crippen LogP contribution is 2.20. The highest BCUT2D eigenvalue weighted by molar-refractivity contribution is 5.93. The van der Waals surface area contributed by atoms with Crippen LogP contribution in [-0.4, -0.2) is 49.9 Å². The van der Waals surface area contributed by atoms with Crippen LogP contribution in [0.2, 0.25) is 0 Å². The predicted octanol–water partition coefficient (Wildman–Crippen LogP) is 2.33. The molecule has 0 aliphatic carbocycles. The molecular formula is C18H29ClN4O2. The molecule has 1 aromatic carbocycles. The van der Waals surface area contributed by atoms with Crippen LogP contribution in [0.25, 0.3) is 0 Å². The zero-order valence-electron chi connectivity index (χ0n) is 15.0. The summed E-state index contributed by atoms with van der Waals surface area (Å²) in [7, 11) is 1.99. The summed E-state index contributed by atoms with van der Waals surface area (Å²) in [5.41, 5.74) is 1.47. The fraction of sp³-hybridized carbons (Fsp3) is 0.556. The number of hydrogen-bond donors (Lipinski definition) is 3. The number of likely N-dealkylation sites (tertiary alicyclic amines) is 1. The molecule has 1 aliphatic heterocycles. The van der Waals surface area contributed by atoms with E-state index in [2.05, 4.69) is 20.9 Å². The van der Waals surface area contributed by atoms with Crippen LogP contribution in [0, 0.1) is 5.92 Å². The predicted molar refractivity (Wildman–Crippen MR) is 104 cm³/mol. The molecule has 0 saturated carbocycles. The minimum absolute atomic E-state index is 0. The van der Waals surface area contributed by atoms with Gasteiger partial charge in [-0.2, -0.15) is 0 Å². The lowest BCUT2D eigenvalue weighted by molar-refractivity contribution is -0.117. The Balaban J connectivity index is 0.00000312. The molecule has 3 N–H and O–H groups in total. The Kier molecular flexibility index (Phi) is 9.49. The van der Waals surface area contributed by atoms with Gasteiger partial charge in [0.1, 0.15) is 0 Å². The lowest BCUT2D eigenvalue weighted by Crippen LogP contribution is -2.39. The fourth-order valence-corrected chi connectivity index (χ4v) is 3.03. The average Bonchev–Trinajstić information content (AvgIpc) is 2.55. The van der Waals surface area contributed by atoms with Crippen LogP contribution in [0.15, 0.2) is 24.3 Å². The number of halogens is 1. The maximum Gasteiger partial charge on any atom is 0.238 e. The van der Waals surface area contributed by atoms with Crippen molar-refractivity contribution in [3.63, 3.8) is 0 Å². The molecule has 7 heteroatoms. The van der Waals surface area contributed by atoms with Gasteiger partial charge in [-0.1, -0.05) is 0 Å². The van der Waals surface area contributed by atoms with Crippen molar-refractivity contribution in [3.8, 4) is 0 Å². The van der Waals surface area contributed by atoms with Gasteiger partial charge in [-0.15, -0.1) is 12.4 Å². The molecule has 140 valence electrons. The van der Waals surface area contributed by atoms with Crippen LogP contribution in [-0.2, 0) is 9.59 Å². The molecule has 1 fully saturated rings. The third-order valence-corrected chi connectivity index (χ3v) is 4.37. The van der Waals surface area contributed by atoms with E-state index in [4.69, 9.17) is 0 Å². The molecule has 1 aliphatic rings. The van der Waals surface area contributed by atoms with Crippen molar-refractivity contribution in [1.29, 1.82) is 0 Å². The van der Waals surface area contributed by atoms with Crippen molar-refractivity contribution in [2.24, 2.45) is 5.92 Å². The molecule has 2 amide bonds. The number of benzene rings is 1. The molecule has 0 atom stereocenters. The number of rotatable bonds is 7. The van der Waals surface area contributed by atoms with Gasteiger partial charge in [-0.25, -0.2) is 0 Å². The summed E-state index contributed by atoms with van der Waals surface area (Å²) in [4.78, 5) is 25.4. The minimum atomic E-state index is -0.107. The van der Waals surface area contributed by atoms with Gasteiger partial charge in [0.25, 0.3) is 0 Å². The van der Waals surface area contributed by atoms with Crippen molar-refractivity contribution in [2.45, 2.75) is 26.2 Å². The topological polar surface area (TPSA) is 73.5 Å². The molecule has 25 heavy (non-hydrogen) atoms. The molecule has 1 saturated heterocycles. The van der Waals surface area contributed by atoms with Gasteiger partial charge >= 0.3 is 0 Å². The van der Waals surface area contributed by atoms with E-state index in [-0.39, 0.29) is 24.2 Å². The van der Waals surface area contributed by atoms with Crippen molar-refractivity contribution in [2.75, 3.05) is 43.9 Å². The number of carbonyl (C=O) groups excluding carboxylic acids is 2. The Morgan fingerprint density at radius 1 is 1.08 bits per heavy atom. The first kappa shape index (κ1) is 21.4. The van der Waals surface area contributed by atoms with Gasteiger partial charge in [0.15, 0.2) is 0 Å². The highest BCUT2D eigenvalue weighted by Gasteiger charge is 2.20. The van der Waals surface area contributed by atoms with Crippen molar-refractivity contribution >= 4 is 35.6 Å². The van der Waals surface area contributed by atoms with Crippen molar-refractivity contribution in [1.82, 2.24) is 10.2 Å². The van der Waals surface area contributed by atoms with E-state index in [1.807, 2.05) is 7.05 Å². The molecule has 0 spiro atoms. The van der Waals surface area contributed by atoms with E-state index < -0.39 is 0 Å². The molecule has 1 heterocycles. The lowest BCUT2D eigenvalue weighted by Gasteiger charge is -2.31. The highest BCUT2D eigenvalue weighted by atomic mass is 35.5. The molecule has 2 rings (SSSR count). The zero-order chi connectivity index (χ0) is 17.4. The van der Waals surface area contributed by atoms with Gasteiger partial charge in [-0.05, 0) is 76.1 Å². The number of anilines is 2. The number of nitrogens with zero attached hydrogens (tertiary/aromatic N) is 1. The van der Waals surface area contributed by atoms with E-state index in [1.165, 1.54) is 26.2 Å². The average molecular weight is 369 g/mol. The maximum atomic E-state index is 12.2. The smallest absolute Gasteiger partial charge is 0.238 e. The standard InChI is InChI=1S/C18H28N4O2.ClH/c1-14(23)20-16-3-5-17(6-4-16)21-18(24)13-22-11-8-15(9-12-22)7-10-19-2;/h3-6,15,19H,7-13H2,1-2H3,(H,20,23)(H,21,24);1H.